The van der Waals surface area contributed by atoms with Crippen molar-refractivity contribution in [3.63, 3.8) is 0 Å². The van der Waals surface area contributed by atoms with E-state index in [1.54, 1.807) is 5.01 Å². The van der Waals surface area contributed by atoms with Gasteiger partial charge in [-0.15, -0.1) is 0 Å². The van der Waals surface area contributed by atoms with Gasteiger partial charge in [-0.2, -0.15) is 5.10 Å². The molecule has 0 radical (unpaired) electrons. The normalized spacial score (nSPS) is 21.1. The zero-order valence-electron chi connectivity index (χ0n) is 13.8. The van der Waals surface area contributed by atoms with Crippen LogP contribution in [0.3, 0.4) is 0 Å². The van der Waals surface area contributed by atoms with Gasteiger partial charge in [-0.25, -0.2) is 9.80 Å². The Morgan fingerprint density at radius 2 is 2.05 bits per heavy atom. The van der Waals surface area contributed by atoms with E-state index in [2.05, 4.69) is 10.4 Å². The first kappa shape index (κ1) is 16.8. The minimum Gasteiger partial charge on any atom is -0.465 e. The highest BCUT2D eigenvalue weighted by Gasteiger charge is 2.32. The molecule has 1 saturated carbocycles. The maximum atomic E-state index is 12.1. The molecule has 2 rings (SSSR count). The molecule has 6 heteroatoms. The standard InChI is InChI=1S/C16H27N3O3/c1-16(2,3)13(17-15(21)22)8-12-9-14(20)19(18-12)10-11-6-4-5-7-11/h11,13,17H,4-10H2,1-3H3,(H,21,22). The Kier molecular flexibility index (Phi) is 5.08. The molecule has 2 N–H and O–H groups in total. The third kappa shape index (κ3) is 4.45. The molecule has 0 spiro atoms. The van der Waals surface area contributed by atoms with E-state index in [-0.39, 0.29) is 17.4 Å². The number of amides is 2. The van der Waals surface area contributed by atoms with Gasteiger partial charge in [0.1, 0.15) is 0 Å². The van der Waals surface area contributed by atoms with Crippen molar-refractivity contribution in [3.05, 3.63) is 0 Å². The number of nitrogens with one attached hydrogen (secondary N) is 1. The minimum atomic E-state index is -1.03. The van der Waals surface area contributed by atoms with E-state index in [9.17, 15) is 9.59 Å². The zero-order valence-corrected chi connectivity index (χ0v) is 13.8. The van der Waals surface area contributed by atoms with E-state index in [1.165, 1.54) is 25.7 Å². The number of carbonyl (C=O) groups is 2. The van der Waals surface area contributed by atoms with Crippen LogP contribution in [0.2, 0.25) is 0 Å². The van der Waals surface area contributed by atoms with Crippen molar-refractivity contribution in [3.8, 4) is 0 Å². The third-order valence-corrected chi connectivity index (χ3v) is 4.59. The molecular weight excluding hydrogens is 282 g/mol. The first-order valence-corrected chi connectivity index (χ1v) is 8.12. The van der Waals surface area contributed by atoms with Crippen molar-refractivity contribution >= 4 is 17.7 Å². The first-order chi connectivity index (χ1) is 10.3. The topological polar surface area (TPSA) is 82.0 Å². The highest BCUT2D eigenvalue weighted by Crippen LogP contribution is 2.28. The largest absolute Gasteiger partial charge is 0.465 e. The number of carbonyl (C=O) groups excluding carboxylic acids is 1. The van der Waals surface area contributed by atoms with Gasteiger partial charge in [-0.1, -0.05) is 33.6 Å². The molecule has 1 fully saturated rings. The second-order valence-electron chi connectivity index (χ2n) is 7.54. The average Bonchev–Trinajstić information content (AvgIpc) is 2.98. The van der Waals surface area contributed by atoms with Crippen LogP contribution in [0.15, 0.2) is 5.10 Å². The van der Waals surface area contributed by atoms with Crippen molar-refractivity contribution in [1.29, 1.82) is 0 Å². The lowest BCUT2D eigenvalue weighted by molar-refractivity contribution is -0.129. The number of hydrogen-bond acceptors (Lipinski definition) is 3. The fourth-order valence-electron chi connectivity index (χ4n) is 3.18. The zero-order chi connectivity index (χ0) is 16.3. The maximum absolute atomic E-state index is 12.1. The molecule has 1 atom stereocenters. The summed E-state index contributed by atoms with van der Waals surface area (Å²) in [5.74, 6) is 0.618. The summed E-state index contributed by atoms with van der Waals surface area (Å²) in [4.78, 5) is 23.1. The van der Waals surface area contributed by atoms with Crippen LogP contribution in [0.1, 0.15) is 59.3 Å². The first-order valence-electron chi connectivity index (χ1n) is 8.12. The summed E-state index contributed by atoms with van der Waals surface area (Å²) in [5, 5.41) is 17.6. The van der Waals surface area contributed by atoms with E-state index in [1.807, 2.05) is 20.8 Å². The van der Waals surface area contributed by atoms with Crippen LogP contribution in [0.5, 0.6) is 0 Å². The predicted octanol–water partition coefficient (Wildman–Crippen LogP) is 2.84. The van der Waals surface area contributed by atoms with E-state index in [4.69, 9.17) is 5.11 Å². The monoisotopic (exact) mass is 309 g/mol. The molecule has 1 aliphatic heterocycles. The number of rotatable bonds is 5. The molecule has 1 aliphatic carbocycles. The van der Waals surface area contributed by atoms with Gasteiger partial charge in [0.15, 0.2) is 0 Å². The Bertz CT molecular complexity index is 462. The van der Waals surface area contributed by atoms with Gasteiger partial charge in [0.05, 0.1) is 12.1 Å². The van der Waals surface area contributed by atoms with E-state index in [0.29, 0.717) is 18.8 Å². The van der Waals surface area contributed by atoms with Gasteiger partial charge in [0.25, 0.3) is 0 Å². The van der Waals surface area contributed by atoms with Crippen molar-refractivity contribution < 1.29 is 14.7 Å². The highest BCUT2D eigenvalue weighted by molar-refractivity contribution is 6.05. The lowest BCUT2D eigenvalue weighted by Gasteiger charge is -2.30. The summed E-state index contributed by atoms with van der Waals surface area (Å²) in [6.07, 6.45) is 4.63. The number of nitrogens with zero attached hydrogens (tertiary/aromatic N) is 2. The second kappa shape index (κ2) is 6.67. The molecule has 2 aliphatic rings. The van der Waals surface area contributed by atoms with Crippen LogP contribution < -0.4 is 5.32 Å². The van der Waals surface area contributed by atoms with Crippen LogP contribution in [0.25, 0.3) is 0 Å². The molecule has 124 valence electrons. The quantitative estimate of drug-likeness (QED) is 0.819. The van der Waals surface area contributed by atoms with Crippen LogP contribution in [-0.2, 0) is 4.79 Å². The summed E-state index contributed by atoms with van der Waals surface area (Å²) in [7, 11) is 0. The summed E-state index contributed by atoms with van der Waals surface area (Å²) >= 11 is 0. The average molecular weight is 309 g/mol. The van der Waals surface area contributed by atoms with Crippen molar-refractivity contribution in [2.24, 2.45) is 16.4 Å². The van der Waals surface area contributed by atoms with Gasteiger partial charge in [-0.05, 0) is 24.2 Å². The predicted molar refractivity (Wildman–Crippen MR) is 84.7 cm³/mol. The SMILES string of the molecule is CC(C)(C)C(CC1=NN(CC2CCCC2)C(=O)C1)NC(=O)O. The third-order valence-electron chi connectivity index (χ3n) is 4.59. The van der Waals surface area contributed by atoms with Crippen molar-refractivity contribution in [2.75, 3.05) is 6.54 Å². The second-order valence-corrected chi connectivity index (χ2v) is 7.54. The fraction of sp³-hybridized carbons (Fsp3) is 0.812. The maximum Gasteiger partial charge on any atom is 0.404 e. The molecule has 0 saturated heterocycles. The molecule has 2 amide bonds. The van der Waals surface area contributed by atoms with E-state index < -0.39 is 6.09 Å². The highest BCUT2D eigenvalue weighted by atomic mass is 16.4. The Morgan fingerprint density at radius 3 is 2.59 bits per heavy atom. The lowest BCUT2D eigenvalue weighted by Crippen LogP contribution is -2.44. The molecule has 6 nitrogen and oxygen atoms in total. The molecular formula is C16H27N3O3. The molecule has 22 heavy (non-hydrogen) atoms. The number of hydrogen-bond donors (Lipinski definition) is 2. The Morgan fingerprint density at radius 1 is 1.41 bits per heavy atom. The number of hydrazone groups is 1. The van der Waals surface area contributed by atoms with Crippen LogP contribution in [0, 0.1) is 11.3 Å². The smallest absolute Gasteiger partial charge is 0.404 e. The molecule has 0 aromatic carbocycles. The molecule has 0 aromatic heterocycles. The Hall–Kier alpha value is -1.59. The summed E-state index contributed by atoms with van der Waals surface area (Å²) < 4.78 is 0. The fourth-order valence-corrected chi connectivity index (χ4v) is 3.18. The molecule has 1 unspecified atom stereocenters. The minimum absolute atomic E-state index is 0.0462. The van der Waals surface area contributed by atoms with E-state index in [0.717, 1.165) is 12.3 Å². The lowest BCUT2D eigenvalue weighted by atomic mass is 9.83. The van der Waals surface area contributed by atoms with Gasteiger partial charge < -0.3 is 10.4 Å². The van der Waals surface area contributed by atoms with Crippen LogP contribution in [0.4, 0.5) is 4.79 Å². The molecule has 0 aromatic rings. The van der Waals surface area contributed by atoms with Crippen LogP contribution in [-0.4, -0.2) is 40.4 Å². The van der Waals surface area contributed by atoms with Gasteiger partial charge in [0, 0.05) is 19.0 Å². The van der Waals surface area contributed by atoms with Gasteiger partial charge >= 0.3 is 6.09 Å². The Balaban J connectivity index is 1.98. The number of carboxylic acid groups (broad SMARTS) is 1. The summed E-state index contributed by atoms with van der Waals surface area (Å²) in [6, 6.07) is -0.247. The van der Waals surface area contributed by atoms with Crippen molar-refractivity contribution in [1.82, 2.24) is 10.3 Å². The summed E-state index contributed by atoms with van der Waals surface area (Å²) in [6.45, 7) is 6.68. The van der Waals surface area contributed by atoms with E-state index >= 15 is 0 Å². The van der Waals surface area contributed by atoms with Gasteiger partial charge in [-0.3, -0.25) is 4.79 Å². The summed E-state index contributed by atoms with van der Waals surface area (Å²) in [5.41, 5.74) is 0.569. The van der Waals surface area contributed by atoms with Crippen molar-refractivity contribution in [2.45, 2.75) is 65.3 Å². The van der Waals surface area contributed by atoms with Gasteiger partial charge in [0.2, 0.25) is 5.91 Å². The molecule has 1 heterocycles. The van der Waals surface area contributed by atoms with Crippen LogP contribution >= 0.6 is 0 Å². The molecule has 0 bridgehead atoms. The Labute approximate surface area is 131 Å².